The molecular weight excluding hydrogens is 412 g/mol. The number of ether oxygens (including phenoxy) is 3. The summed E-state index contributed by atoms with van der Waals surface area (Å²) >= 11 is 0. The maximum atomic E-state index is 13.8. The molecule has 0 radical (unpaired) electrons. The van der Waals surface area contributed by atoms with Crippen molar-refractivity contribution in [2.75, 3.05) is 13.7 Å². The van der Waals surface area contributed by atoms with Crippen LogP contribution >= 0.6 is 0 Å². The first-order valence-corrected chi connectivity index (χ1v) is 9.28. The van der Waals surface area contributed by atoms with Gasteiger partial charge in [0.2, 0.25) is 17.4 Å². The number of hydrogen-bond donors (Lipinski definition) is 1. The maximum Gasteiger partial charge on any atom is 0.377 e. The van der Waals surface area contributed by atoms with Crippen molar-refractivity contribution in [3.63, 3.8) is 0 Å². The van der Waals surface area contributed by atoms with E-state index in [1.165, 1.54) is 6.07 Å². The number of halogens is 2. The van der Waals surface area contributed by atoms with Gasteiger partial charge in [-0.25, -0.2) is 13.6 Å². The molecule has 0 saturated heterocycles. The number of allylic oxidation sites excluding steroid dienone is 1. The summed E-state index contributed by atoms with van der Waals surface area (Å²) in [7, 11) is 1.12. The molecule has 0 spiro atoms. The Labute approximate surface area is 176 Å². The van der Waals surface area contributed by atoms with Crippen molar-refractivity contribution in [2.45, 2.75) is 13.2 Å². The lowest BCUT2D eigenvalue weighted by atomic mass is 9.99. The van der Waals surface area contributed by atoms with Crippen molar-refractivity contribution in [3.05, 3.63) is 82.8 Å². The summed E-state index contributed by atoms with van der Waals surface area (Å²) in [5.41, 5.74) is 0.774. The number of rotatable bonds is 7. The number of benzene rings is 2. The van der Waals surface area contributed by atoms with Crippen molar-refractivity contribution in [1.29, 1.82) is 0 Å². The molecule has 1 N–H and O–H groups in total. The van der Waals surface area contributed by atoms with Crippen LogP contribution in [-0.4, -0.2) is 31.4 Å². The number of Topliss-reactive ketones (excluding diaryl/α,β-unsaturated/α-hetero) is 1. The fourth-order valence-corrected chi connectivity index (χ4v) is 2.85. The Kier molecular flexibility index (Phi) is 6.96. The molecule has 31 heavy (non-hydrogen) atoms. The zero-order valence-electron chi connectivity index (χ0n) is 16.5. The third kappa shape index (κ3) is 5.25. The summed E-state index contributed by atoms with van der Waals surface area (Å²) in [5.74, 6) is -6.16. The van der Waals surface area contributed by atoms with Crippen molar-refractivity contribution in [2.24, 2.45) is 5.92 Å². The third-order valence-electron chi connectivity index (χ3n) is 4.52. The van der Waals surface area contributed by atoms with E-state index < -0.39 is 53.3 Å². The van der Waals surface area contributed by atoms with Gasteiger partial charge in [0.25, 0.3) is 5.76 Å². The second-order valence-electron chi connectivity index (χ2n) is 6.61. The first-order valence-electron chi connectivity index (χ1n) is 9.28. The first kappa shape index (κ1) is 21.9. The minimum absolute atomic E-state index is 0.0408. The van der Waals surface area contributed by atoms with Gasteiger partial charge in [-0.2, -0.15) is 0 Å². The van der Waals surface area contributed by atoms with Crippen molar-refractivity contribution >= 4 is 17.7 Å². The van der Waals surface area contributed by atoms with Crippen molar-refractivity contribution in [1.82, 2.24) is 5.32 Å². The highest BCUT2D eigenvalue weighted by Gasteiger charge is 2.40. The Morgan fingerprint density at radius 1 is 1.16 bits per heavy atom. The molecule has 0 aliphatic carbocycles. The molecule has 162 valence electrons. The van der Waals surface area contributed by atoms with E-state index in [1.54, 1.807) is 24.3 Å². The van der Waals surface area contributed by atoms with E-state index in [9.17, 15) is 23.2 Å². The van der Waals surface area contributed by atoms with Gasteiger partial charge in [0.05, 0.1) is 7.11 Å². The Morgan fingerprint density at radius 2 is 1.90 bits per heavy atom. The van der Waals surface area contributed by atoms with Crippen LogP contribution in [0.25, 0.3) is 0 Å². The molecule has 2 aromatic carbocycles. The molecule has 9 heteroatoms. The predicted octanol–water partition coefficient (Wildman–Crippen LogP) is 2.40. The standard InChI is InChI=1S/C22H19F2NO6/c1-29-22(28)20-19(30-11-13-5-3-2-4-6-13)18(26)16(12-31-20)21(27)25-10-14-7-8-15(23)9-17(14)24/h2-9,16H,10-12H2,1H3,(H,25,27). The van der Waals surface area contributed by atoms with E-state index in [0.717, 1.165) is 18.7 Å². The molecular formula is C22H19F2NO6. The number of esters is 1. The van der Waals surface area contributed by atoms with E-state index in [2.05, 4.69) is 10.1 Å². The van der Waals surface area contributed by atoms with Crippen LogP contribution in [0, 0.1) is 17.6 Å². The molecule has 0 bridgehead atoms. The van der Waals surface area contributed by atoms with Crippen LogP contribution in [0.4, 0.5) is 8.78 Å². The molecule has 1 unspecified atom stereocenters. The molecule has 1 aliphatic heterocycles. The molecule has 1 aliphatic rings. The highest BCUT2D eigenvalue weighted by atomic mass is 19.1. The SMILES string of the molecule is COC(=O)C1=C(OCc2ccccc2)C(=O)C(C(=O)NCc2ccc(F)cc2F)CO1. The second-order valence-corrected chi connectivity index (χ2v) is 6.61. The van der Waals surface area contributed by atoms with Gasteiger partial charge in [0.1, 0.15) is 30.8 Å². The average Bonchev–Trinajstić information content (AvgIpc) is 2.77. The summed E-state index contributed by atoms with van der Waals surface area (Å²) in [6.45, 7) is -0.720. The van der Waals surface area contributed by atoms with Gasteiger partial charge in [0, 0.05) is 18.2 Å². The Hall–Kier alpha value is -3.75. The Bertz CT molecular complexity index is 1020. The van der Waals surface area contributed by atoms with Crippen LogP contribution in [0.1, 0.15) is 11.1 Å². The smallest absolute Gasteiger partial charge is 0.377 e. The molecule has 0 fully saturated rings. The van der Waals surface area contributed by atoms with Gasteiger partial charge in [-0.15, -0.1) is 0 Å². The monoisotopic (exact) mass is 431 g/mol. The van der Waals surface area contributed by atoms with Gasteiger partial charge >= 0.3 is 5.97 Å². The lowest BCUT2D eigenvalue weighted by Crippen LogP contribution is -2.42. The second kappa shape index (κ2) is 9.84. The van der Waals surface area contributed by atoms with Gasteiger partial charge in [0.15, 0.2) is 0 Å². The number of carbonyl (C=O) groups is 3. The molecule has 1 amide bonds. The predicted molar refractivity (Wildman–Crippen MR) is 103 cm³/mol. The highest BCUT2D eigenvalue weighted by molar-refractivity contribution is 6.12. The zero-order chi connectivity index (χ0) is 22.4. The summed E-state index contributed by atoms with van der Waals surface area (Å²) in [4.78, 5) is 37.4. The third-order valence-corrected chi connectivity index (χ3v) is 4.52. The topological polar surface area (TPSA) is 90.9 Å². The van der Waals surface area contributed by atoms with Crippen LogP contribution in [0.5, 0.6) is 0 Å². The Morgan fingerprint density at radius 3 is 2.58 bits per heavy atom. The summed E-state index contributed by atoms with van der Waals surface area (Å²) in [6, 6.07) is 11.8. The Balaban J connectivity index is 1.73. The minimum atomic E-state index is -1.32. The first-order chi connectivity index (χ1) is 14.9. The number of nitrogens with one attached hydrogen (secondary N) is 1. The van der Waals surface area contributed by atoms with Gasteiger partial charge in [-0.1, -0.05) is 36.4 Å². The lowest BCUT2D eigenvalue weighted by molar-refractivity contribution is -0.148. The molecule has 7 nitrogen and oxygen atoms in total. The number of ketones is 1. The van der Waals surface area contributed by atoms with Crippen LogP contribution in [0.2, 0.25) is 0 Å². The summed E-state index contributed by atoms with van der Waals surface area (Å²) in [5, 5.41) is 2.42. The van der Waals surface area contributed by atoms with E-state index in [1.807, 2.05) is 6.07 Å². The van der Waals surface area contributed by atoms with Gasteiger partial charge in [-0.05, 0) is 11.6 Å². The van der Waals surface area contributed by atoms with E-state index in [0.29, 0.717) is 6.07 Å². The average molecular weight is 431 g/mol. The number of hydrogen-bond acceptors (Lipinski definition) is 6. The fraction of sp³-hybridized carbons (Fsp3) is 0.227. The zero-order valence-corrected chi connectivity index (χ0v) is 16.5. The van der Waals surface area contributed by atoms with E-state index in [-0.39, 0.29) is 18.7 Å². The lowest BCUT2D eigenvalue weighted by Gasteiger charge is -2.25. The maximum absolute atomic E-state index is 13.8. The molecule has 0 saturated carbocycles. The normalized spacial score (nSPS) is 15.8. The number of carbonyl (C=O) groups excluding carboxylic acids is 3. The van der Waals surface area contributed by atoms with Crippen molar-refractivity contribution in [3.8, 4) is 0 Å². The largest absolute Gasteiger partial charge is 0.483 e. The fourth-order valence-electron chi connectivity index (χ4n) is 2.85. The van der Waals surface area contributed by atoms with E-state index in [4.69, 9.17) is 9.47 Å². The van der Waals surface area contributed by atoms with E-state index >= 15 is 0 Å². The van der Waals surface area contributed by atoms with Crippen LogP contribution < -0.4 is 5.32 Å². The highest BCUT2D eigenvalue weighted by Crippen LogP contribution is 2.24. The molecule has 1 atom stereocenters. The number of amides is 1. The van der Waals surface area contributed by atoms with Gasteiger partial charge < -0.3 is 19.5 Å². The minimum Gasteiger partial charge on any atom is -0.483 e. The molecule has 3 rings (SSSR count). The summed E-state index contributed by atoms with van der Waals surface area (Å²) in [6.07, 6.45) is 0. The quantitative estimate of drug-likeness (QED) is 0.535. The summed E-state index contributed by atoms with van der Waals surface area (Å²) < 4.78 is 42.2. The molecule has 0 aromatic heterocycles. The van der Waals surface area contributed by atoms with Gasteiger partial charge in [-0.3, -0.25) is 9.59 Å². The molecule has 1 heterocycles. The van der Waals surface area contributed by atoms with Crippen LogP contribution in [0.3, 0.4) is 0 Å². The number of methoxy groups -OCH3 is 1. The van der Waals surface area contributed by atoms with Crippen LogP contribution in [-0.2, 0) is 41.7 Å². The molecule has 2 aromatic rings. The van der Waals surface area contributed by atoms with Crippen molar-refractivity contribution < 1.29 is 37.4 Å². The van der Waals surface area contributed by atoms with Crippen LogP contribution in [0.15, 0.2) is 60.0 Å².